The third-order valence-electron chi connectivity index (χ3n) is 2.59. The maximum atomic E-state index is 13.9. The van der Waals surface area contributed by atoms with Crippen LogP contribution in [-0.2, 0) is 0 Å². The molecule has 16 heavy (non-hydrogen) atoms. The van der Waals surface area contributed by atoms with Crippen LogP contribution in [0.1, 0.15) is 5.56 Å². The van der Waals surface area contributed by atoms with Crippen LogP contribution in [0.2, 0.25) is 0 Å². The molecule has 0 aromatic heterocycles. The zero-order valence-corrected chi connectivity index (χ0v) is 8.80. The summed E-state index contributed by atoms with van der Waals surface area (Å²) >= 11 is 0. The second kappa shape index (κ2) is 3.93. The fourth-order valence-corrected chi connectivity index (χ4v) is 1.59. The second-order valence-corrected chi connectivity index (χ2v) is 3.62. The molecule has 0 saturated heterocycles. The van der Waals surface area contributed by atoms with Crippen LogP contribution in [-0.4, -0.2) is 0 Å². The molecule has 2 rings (SSSR count). The summed E-state index contributed by atoms with van der Waals surface area (Å²) in [7, 11) is 0. The first-order chi connectivity index (χ1) is 7.61. The smallest absolute Gasteiger partial charge is 0.136 e. The zero-order chi connectivity index (χ0) is 11.7. The summed E-state index contributed by atoms with van der Waals surface area (Å²) in [5.74, 6) is -0.907. The lowest BCUT2D eigenvalue weighted by Crippen LogP contribution is -1.96. The molecule has 0 aliphatic carbocycles. The molecule has 3 heteroatoms. The van der Waals surface area contributed by atoms with Crippen LogP contribution >= 0.6 is 0 Å². The van der Waals surface area contributed by atoms with Gasteiger partial charge in [-0.25, -0.2) is 8.78 Å². The van der Waals surface area contributed by atoms with Gasteiger partial charge in [0.25, 0.3) is 0 Å². The van der Waals surface area contributed by atoms with Crippen molar-refractivity contribution < 1.29 is 8.78 Å². The van der Waals surface area contributed by atoms with Gasteiger partial charge in [0.05, 0.1) is 0 Å². The van der Waals surface area contributed by atoms with Gasteiger partial charge in [0, 0.05) is 22.4 Å². The van der Waals surface area contributed by atoms with Crippen LogP contribution in [0.15, 0.2) is 36.4 Å². The molecular weight excluding hydrogens is 208 g/mol. The molecule has 0 aliphatic heterocycles. The Kier molecular flexibility index (Phi) is 2.60. The van der Waals surface area contributed by atoms with E-state index >= 15 is 0 Å². The van der Waals surface area contributed by atoms with Crippen molar-refractivity contribution in [1.82, 2.24) is 0 Å². The summed E-state index contributed by atoms with van der Waals surface area (Å²) in [4.78, 5) is 0. The quantitative estimate of drug-likeness (QED) is 0.729. The van der Waals surface area contributed by atoms with Crippen molar-refractivity contribution >= 4 is 5.69 Å². The second-order valence-electron chi connectivity index (χ2n) is 3.62. The number of hydrogen-bond donors (Lipinski definition) is 1. The Morgan fingerprint density at radius 1 is 0.938 bits per heavy atom. The molecule has 0 heterocycles. The first-order valence-corrected chi connectivity index (χ1v) is 4.90. The summed E-state index contributed by atoms with van der Waals surface area (Å²) in [6.45, 7) is 1.58. The first-order valence-electron chi connectivity index (χ1n) is 4.90. The van der Waals surface area contributed by atoms with Crippen molar-refractivity contribution in [3.8, 4) is 11.1 Å². The predicted octanol–water partition coefficient (Wildman–Crippen LogP) is 3.52. The van der Waals surface area contributed by atoms with Crippen molar-refractivity contribution in [2.75, 3.05) is 5.73 Å². The van der Waals surface area contributed by atoms with E-state index in [-0.39, 0.29) is 11.1 Å². The molecular formula is C13H11F2N. The summed E-state index contributed by atoms with van der Waals surface area (Å²) in [6.07, 6.45) is 0. The highest BCUT2D eigenvalue weighted by Crippen LogP contribution is 2.29. The molecule has 0 aliphatic rings. The molecule has 0 amide bonds. The van der Waals surface area contributed by atoms with Gasteiger partial charge in [-0.15, -0.1) is 0 Å². The first kappa shape index (κ1) is 10.6. The summed E-state index contributed by atoms with van der Waals surface area (Å²) in [5, 5.41) is 0. The molecule has 0 unspecified atom stereocenters. The van der Waals surface area contributed by atoms with Gasteiger partial charge < -0.3 is 5.73 Å². The molecule has 0 radical (unpaired) electrons. The lowest BCUT2D eigenvalue weighted by Gasteiger charge is -2.08. The maximum absolute atomic E-state index is 13.9. The van der Waals surface area contributed by atoms with E-state index < -0.39 is 11.6 Å². The maximum Gasteiger partial charge on any atom is 0.136 e. The number of nitrogens with two attached hydrogens (primary N) is 1. The fourth-order valence-electron chi connectivity index (χ4n) is 1.59. The highest BCUT2D eigenvalue weighted by atomic mass is 19.1. The molecule has 0 atom stereocenters. The van der Waals surface area contributed by atoms with Crippen molar-refractivity contribution in [2.24, 2.45) is 0 Å². The van der Waals surface area contributed by atoms with Crippen LogP contribution in [0.3, 0.4) is 0 Å². The van der Waals surface area contributed by atoms with Gasteiger partial charge >= 0.3 is 0 Å². The predicted molar refractivity (Wildman–Crippen MR) is 60.9 cm³/mol. The number of hydrogen-bond acceptors (Lipinski definition) is 1. The lowest BCUT2D eigenvalue weighted by atomic mass is 10.0. The average Bonchev–Trinajstić information content (AvgIpc) is 2.28. The number of nitrogen functional groups attached to an aromatic ring is 1. The zero-order valence-electron chi connectivity index (χ0n) is 8.80. The van der Waals surface area contributed by atoms with Gasteiger partial charge in [-0.2, -0.15) is 0 Å². The van der Waals surface area contributed by atoms with E-state index in [2.05, 4.69) is 0 Å². The fraction of sp³-hybridized carbons (Fsp3) is 0.0769. The third kappa shape index (κ3) is 1.65. The van der Waals surface area contributed by atoms with Crippen LogP contribution < -0.4 is 5.73 Å². The largest absolute Gasteiger partial charge is 0.398 e. The molecule has 0 saturated carbocycles. The standard InChI is InChI=1S/C13H11F2N/c1-8-12(16)7-6-10(13(8)15)9-4-2-3-5-11(9)14/h2-7H,16H2,1H3. The van der Waals surface area contributed by atoms with E-state index in [1.807, 2.05) is 0 Å². The Labute approximate surface area is 92.5 Å². The molecule has 82 valence electrons. The molecule has 2 aromatic carbocycles. The van der Waals surface area contributed by atoms with E-state index in [1.165, 1.54) is 12.1 Å². The van der Waals surface area contributed by atoms with Gasteiger partial charge in [-0.05, 0) is 25.1 Å². The van der Waals surface area contributed by atoms with Gasteiger partial charge in [0.2, 0.25) is 0 Å². The van der Waals surface area contributed by atoms with E-state index in [9.17, 15) is 8.78 Å². The Balaban J connectivity index is 2.66. The molecule has 1 nitrogen and oxygen atoms in total. The van der Waals surface area contributed by atoms with Gasteiger partial charge in [-0.1, -0.05) is 18.2 Å². The minimum Gasteiger partial charge on any atom is -0.398 e. The Morgan fingerprint density at radius 2 is 1.62 bits per heavy atom. The van der Waals surface area contributed by atoms with Crippen molar-refractivity contribution in [3.63, 3.8) is 0 Å². The highest BCUT2D eigenvalue weighted by molar-refractivity contribution is 5.69. The normalized spacial score (nSPS) is 10.4. The Bertz CT molecular complexity index is 535. The van der Waals surface area contributed by atoms with Crippen LogP contribution in [0.25, 0.3) is 11.1 Å². The highest BCUT2D eigenvalue weighted by Gasteiger charge is 2.12. The van der Waals surface area contributed by atoms with E-state index in [0.717, 1.165) is 0 Å². The Hall–Kier alpha value is -1.90. The third-order valence-corrected chi connectivity index (χ3v) is 2.59. The number of benzene rings is 2. The van der Waals surface area contributed by atoms with E-state index in [0.29, 0.717) is 11.3 Å². The monoisotopic (exact) mass is 219 g/mol. The minimum atomic E-state index is -0.467. The molecule has 0 spiro atoms. The molecule has 2 N–H and O–H groups in total. The van der Waals surface area contributed by atoms with Gasteiger partial charge in [-0.3, -0.25) is 0 Å². The van der Waals surface area contributed by atoms with Crippen LogP contribution in [0.5, 0.6) is 0 Å². The Morgan fingerprint density at radius 3 is 2.31 bits per heavy atom. The lowest BCUT2D eigenvalue weighted by molar-refractivity contribution is 0.611. The van der Waals surface area contributed by atoms with Crippen molar-refractivity contribution in [3.05, 3.63) is 53.6 Å². The SMILES string of the molecule is Cc1c(N)ccc(-c2ccccc2F)c1F. The number of rotatable bonds is 1. The molecule has 2 aromatic rings. The minimum absolute atomic E-state index is 0.241. The number of anilines is 1. The van der Waals surface area contributed by atoms with E-state index in [1.54, 1.807) is 31.2 Å². The topological polar surface area (TPSA) is 26.0 Å². The van der Waals surface area contributed by atoms with Crippen molar-refractivity contribution in [2.45, 2.75) is 6.92 Å². The molecule has 0 bridgehead atoms. The summed E-state index contributed by atoms with van der Waals surface area (Å²) in [6, 6.07) is 9.17. The summed E-state index contributed by atoms with van der Waals surface area (Å²) < 4.78 is 27.4. The van der Waals surface area contributed by atoms with E-state index in [4.69, 9.17) is 5.73 Å². The number of halogens is 2. The van der Waals surface area contributed by atoms with Crippen LogP contribution in [0, 0.1) is 18.6 Å². The van der Waals surface area contributed by atoms with Gasteiger partial charge in [0.1, 0.15) is 11.6 Å². The van der Waals surface area contributed by atoms with Crippen molar-refractivity contribution in [1.29, 1.82) is 0 Å². The van der Waals surface area contributed by atoms with Crippen LogP contribution in [0.4, 0.5) is 14.5 Å². The van der Waals surface area contributed by atoms with Gasteiger partial charge in [0.15, 0.2) is 0 Å². The summed E-state index contributed by atoms with van der Waals surface area (Å²) in [5.41, 5.74) is 6.79. The molecule has 0 fully saturated rings. The average molecular weight is 219 g/mol.